The highest BCUT2D eigenvalue weighted by atomic mass is 35.5. The largest absolute Gasteiger partial charge is 0.320 e. The molecule has 0 saturated carbocycles. The van der Waals surface area contributed by atoms with Crippen molar-refractivity contribution in [3.05, 3.63) is 47.5 Å². The molecule has 2 aromatic rings. The van der Waals surface area contributed by atoms with E-state index in [-0.39, 0.29) is 0 Å². The predicted octanol–water partition coefficient (Wildman–Crippen LogP) is 2.74. The van der Waals surface area contributed by atoms with Gasteiger partial charge in [-0.3, -0.25) is 0 Å². The van der Waals surface area contributed by atoms with Crippen LogP contribution in [0.4, 0.5) is 0 Å². The van der Waals surface area contributed by atoms with Crippen LogP contribution in [0.2, 0.25) is 5.02 Å². The molecule has 0 radical (unpaired) electrons. The normalized spacial score (nSPS) is 12.7. The molecule has 1 aromatic carbocycles. The van der Waals surface area contributed by atoms with E-state index in [1.165, 1.54) is 5.56 Å². The summed E-state index contributed by atoms with van der Waals surface area (Å²) < 4.78 is 1.97. The molecule has 0 saturated heterocycles. The van der Waals surface area contributed by atoms with E-state index < -0.39 is 0 Å². The molecule has 0 bridgehead atoms. The Morgan fingerprint density at radius 1 is 1.20 bits per heavy atom. The van der Waals surface area contributed by atoms with Crippen molar-refractivity contribution in [3.63, 3.8) is 0 Å². The maximum atomic E-state index is 5.83. The SMILES string of the molecule is C[C@@H](Cn1cnnc1)c1ccc(Cl)cc1. The highest BCUT2D eigenvalue weighted by molar-refractivity contribution is 6.30. The van der Waals surface area contributed by atoms with E-state index in [0.717, 1.165) is 11.6 Å². The van der Waals surface area contributed by atoms with Gasteiger partial charge < -0.3 is 4.57 Å². The van der Waals surface area contributed by atoms with E-state index in [1.807, 2.05) is 16.7 Å². The van der Waals surface area contributed by atoms with Crippen molar-refractivity contribution in [2.75, 3.05) is 0 Å². The third kappa shape index (κ3) is 2.57. The first-order valence-corrected chi connectivity index (χ1v) is 5.21. The number of benzene rings is 1. The quantitative estimate of drug-likeness (QED) is 0.798. The van der Waals surface area contributed by atoms with Crippen molar-refractivity contribution in [1.29, 1.82) is 0 Å². The van der Waals surface area contributed by atoms with Crippen LogP contribution in [0.25, 0.3) is 0 Å². The third-order valence-electron chi connectivity index (χ3n) is 2.39. The number of halogens is 1. The minimum atomic E-state index is 0.429. The summed E-state index contributed by atoms with van der Waals surface area (Å²) in [4.78, 5) is 0. The summed E-state index contributed by atoms with van der Waals surface area (Å²) >= 11 is 5.83. The summed E-state index contributed by atoms with van der Waals surface area (Å²) in [5.74, 6) is 0.429. The Kier molecular flexibility index (Phi) is 3.02. The standard InChI is InChI=1S/C11H12ClN3/c1-9(6-15-7-13-14-8-15)10-2-4-11(12)5-3-10/h2-5,7-9H,6H2,1H3/t9-/m0/s1. The molecule has 0 fully saturated rings. The third-order valence-corrected chi connectivity index (χ3v) is 2.64. The fourth-order valence-electron chi connectivity index (χ4n) is 1.53. The lowest BCUT2D eigenvalue weighted by Gasteiger charge is -2.11. The van der Waals surface area contributed by atoms with Gasteiger partial charge in [0, 0.05) is 11.6 Å². The molecule has 0 aliphatic carbocycles. The maximum Gasteiger partial charge on any atom is 0.119 e. The van der Waals surface area contributed by atoms with Gasteiger partial charge in [-0.1, -0.05) is 30.7 Å². The van der Waals surface area contributed by atoms with Gasteiger partial charge in [0.15, 0.2) is 0 Å². The first kappa shape index (κ1) is 10.2. The topological polar surface area (TPSA) is 30.7 Å². The van der Waals surface area contributed by atoms with Gasteiger partial charge in [-0.2, -0.15) is 0 Å². The van der Waals surface area contributed by atoms with E-state index in [1.54, 1.807) is 12.7 Å². The zero-order valence-electron chi connectivity index (χ0n) is 8.47. The molecule has 1 atom stereocenters. The lowest BCUT2D eigenvalue weighted by Crippen LogP contribution is -2.04. The molecule has 4 heteroatoms. The molecule has 15 heavy (non-hydrogen) atoms. The highest BCUT2D eigenvalue weighted by Crippen LogP contribution is 2.19. The zero-order chi connectivity index (χ0) is 10.7. The van der Waals surface area contributed by atoms with Crippen molar-refractivity contribution < 1.29 is 0 Å². The van der Waals surface area contributed by atoms with Gasteiger partial charge in [0.25, 0.3) is 0 Å². The zero-order valence-corrected chi connectivity index (χ0v) is 9.22. The molecule has 3 nitrogen and oxygen atoms in total. The Bertz CT molecular complexity index is 408. The van der Waals surface area contributed by atoms with Gasteiger partial charge in [-0.25, -0.2) is 0 Å². The average molecular weight is 222 g/mol. The van der Waals surface area contributed by atoms with Gasteiger partial charge in [0.2, 0.25) is 0 Å². The summed E-state index contributed by atoms with van der Waals surface area (Å²) in [5.41, 5.74) is 1.27. The summed E-state index contributed by atoms with van der Waals surface area (Å²) in [6, 6.07) is 7.94. The summed E-state index contributed by atoms with van der Waals surface area (Å²) in [5, 5.41) is 8.32. The monoisotopic (exact) mass is 221 g/mol. The van der Waals surface area contributed by atoms with Crippen LogP contribution in [0.15, 0.2) is 36.9 Å². The molecule has 78 valence electrons. The molecule has 0 amide bonds. The van der Waals surface area contributed by atoms with Crippen molar-refractivity contribution in [2.24, 2.45) is 0 Å². The highest BCUT2D eigenvalue weighted by Gasteiger charge is 2.05. The molecule has 0 spiro atoms. The second kappa shape index (κ2) is 4.45. The number of hydrogen-bond donors (Lipinski definition) is 0. The van der Waals surface area contributed by atoms with Gasteiger partial charge in [0.1, 0.15) is 12.7 Å². The van der Waals surface area contributed by atoms with E-state index in [9.17, 15) is 0 Å². The molecule has 1 aromatic heterocycles. The maximum absolute atomic E-state index is 5.83. The van der Waals surface area contributed by atoms with Gasteiger partial charge >= 0.3 is 0 Å². The molecule has 0 aliphatic rings. The second-order valence-electron chi connectivity index (χ2n) is 3.61. The number of aromatic nitrogens is 3. The molecule has 0 unspecified atom stereocenters. The van der Waals surface area contributed by atoms with E-state index in [0.29, 0.717) is 5.92 Å². The Balaban J connectivity index is 2.08. The predicted molar refractivity (Wildman–Crippen MR) is 59.9 cm³/mol. The van der Waals surface area contributed by atoms with Crippen LogP contribution >= 0.6 is 11.6 Å². The molecule has 0 aliphatic heterocycles. The Morgan fingerprint density at radius 2 is 1.80 bits per heavy atom. The molecular weight excluding hydrogens is 210 g/mol. The van der Waals surface area contributed by atoms with Crippen LogP contribution in [0, 0.1) is 0 Å². The number of hydrogen-bond acceptors (Lipinski definition) is 2. The Morgan fingerprint density at radius 3 is 2.40 bits per heavy atom. The first-order chi connectivity index (χ1) is 7.25. The summed E-state index contributed by atoms with van der Waals surface area (Å²) in [6.45, 7) is 3.05. The van der Waals surface area contributed by atoms with Crippen LogP contribution < -0.4 is 0 Å². The number of nitrogens with zero attached hydrogens (tertiary/aromatic N) is 3. The molecule has 2 rings (SSSR count). The van der Waals surface area contributed by atoms with Gasteiger partial charge in [-0.15, -0.1) is 10.2 Å². The Labute approximate surface area is 93.7 Å². The molecule has 0 N–H and O–H groups in total. The van der Waals surface area contributed by atoms with Crippen molar-refractivity contribution in [1.82, 2.24) is 14.8 Å². The van der Waals surface area contributed by atoms with Crippen LogP contribution in [0.5, 0.6) is 0 Å². The van der Waals surface area contributed by atoms with Crippen LogP contribution in [-0.4, -0.2) is 14.8 Å². The van der Waals surface area contributed by atoms with Crippen LogP contribution in [0.3, 0.4) is 0 Å². The van der Waals surface area contributed by atoms with E-state index in [4.69, 9.17) is 11.6 Å². The smallest absolute Gasteiger partial charge is 0.119 e. The molecular formula is C11H12ClN3. The van der Waals surface area contributed by atoms with Gasteiger partial charge in [0.05, 0.1) is 0 Å². The fraction of sp³-hybridized carbons (Fsp3) is 0.273. The molecule has 1 heterocycles. The average Bonchev–Trinajstić information content (AvgIpc) is 2.71. The lowest BCUT2D eigenvalue weighted by atomic mass is 10.0. The van der Waals surface area contributed by atoms with E-state index in [2.05, 4.69) is 29.3 Å². The van der Waals surface area contributed by atoms with Crippen molar-refractivity contribution in [2.45, 2.75) is 19.4 Å². The van der Waals surface area contributed by atoms with Crippen molar-refractivity contribution in [3.8, 4) is 0 Å². The number of rotatable bonds is 3. The lowest BCUT2D eigenvalue weighted by molar-refractivity contribution is 0.595. The van der Waals surface area contributed by atoms with Gasteiger partial charge in [-0.05, 0) is 23.6 Å². The minimum absolute atomic E-state index is 0.429. The second-order valence-corrected chi connectivity index (χ2v) is 4.05. The van der Waals surface area contributed by atoms with Crippen LogP contribution in [-0.2, 0) is 6.54 Å². The first-order valence-electron chi connectivity index (χ1n) is 4.83. The van der Waals surface area contributed by atoms with Crippen molar-refractivity contribution >= 4 is 11.6 Å². The van der Waals surface area contributed by atoms with E-state index >= 15 is 0 Å². The van der Waals surface area contributed by atoms with Crippen LogP contribution in [0.1, 0.15) is 18.4 Å². The minimum Gasteiger partial charge on any atom is -0.320 e. The Hall–Kier alpha value is -1.35. The fourth-order valence-corrected chi connectivity index (χ4v) is 1.66. The summed E-state index contributed by atoms with van der Waals surface area (Å²) in [6.07, 6.45) is 3.46. The summed E-state index contributed by atoms with van der Waals surface area (Å²) in [7, 11) is 0.